The molecular weight excluding hydrogens is 334 g/mol. The summed E-state index contributed by atoms with van der Waals surface area (Å²) in [6, 6.07) is 12.4. The van der Waals surface area contributed by atoms with Gasteiger partial charge >= 0.3 is 0 Å². The van der Waals surface area contributed by atoms with Crippen LogP contribution in [0.5, 0.6) is 5.75 Å². The second kappa shape index (κ2) is 7.69. The van der Waals surface area contributed by atoms with Crippen molar-refractivity contribution in [2.24, 2.45) is 0 Å². The molecule has 1 aliphatic rings. The number of ether oxygens (including phenoxy) is 1. The summed E-state index contributed by atoms with van der Waals surface area (Å²) in [4.78, 5) is 34.5. The fourth-order valence-electron chi connectivity index (χ4n) is 2.61. The van der Waals surface area contributed by atoms with Crippen LogP contribution in [0.25, 0.3) is 0 Å². The molecule has 0 aromatic heterocycles. The molecule has 0 bridgehead atoms. The van der Waals surface area contributed by atoms with Crippen LogP contribution in [0.3, 0.4) is 0 Å². The number of hydrogen-bond acceptors (Lipinski definition) is 4. The minimum atomic E-state index is -0.185. The molecule has 0 saturated carbocycles. The van der Waals surface area contributed by atoms with Gasteiger partial charge in [0.15, 0.2) is 6.61 Å². The third kappa shape index (κ3) is 4.60. The van der Waals surface area contributed by atoms with Crippen LogP contribution in [-0.4, -0.2) is 24.3 Å². The van der Waals surface area contributed by atoms with Gasteiger partial charge in [-0.2, -0.15) is 0 Å². The van der Waals surface area contributed by atoms with Crippen molar-refractivity contribution >= 4 is 34.8 Å². The highest BCUT2D eigenvalue weighted by molar-refractivity contribution is 5.95. The monoisotopic (exact) mass is 353 g/mol. The zero-order chi connectivity index (χ0) is 18.5. The molecule has 7 heteroatoms. The lowest BCUT2D eigenvalue weighted by molar-refractivity contribution is -0.119. The Bertz CT molecular complexity index is 846. The molecule has 3 amide bonds. The fourth-order valence-corrected chi connectivity index (χ4v) is 2.61. The number of hydrogen-bond donors (Lipinski definition) is 3. The zero-order valence-corrected chi connectivity index (χ0v) is 14.3. The Labute approximate surface area is 150 Å². The molecule has 0 fully saturated rings. The van der Waals surface area contributed by atoms with Crippen LogP contribution in [0.4, 0.5) is 17.1 Å². The zero-order valence-electron chi connectivity index (χ0n) is 14.3. The number of carbonyl (C=O) groups is 3. The second-order valence-electron chi connectivity index (χ2n) is 5.97. The van der Waals surface area contributed by atoms with Gasteiger partial charge in [0.25, 0.3) is 5.91 Å². The Hall–Kier alpha value is -3.35. The summed E-state index contributed by atoms with van der Waals surface area (Å²) in [7, 11) is 0. The Morgan fingerprint density at radius 2 is 1.77 bits per heavy atom. The largest absolute Gasteiger partial charge is 0.482 e. The third-order valence-corrected chi connectivity index (χ3v) is 3.81. The first-order valence-corrected chi connectivity index (χ1v) is 8.23. The van der Waals surface area contributed by atoms with E-state index in [9.17, 15) is 14.4 Å². The van der Waals surface area contributed by atoms with E-state index in [4.69, 9.17) is 4.74 Å². The van der Waals surface area contributed by atoms with E-state index >= 15 is 0 Å². The number of carbonyl (C=O) groups excluding carboxylic acids is 3. The summed E-state index contributed by atoms with van der Waals surface area (Å²) in [5.41, 5.74) is 2.91. The van der Waals surface area contributed by atoms with E-state index < -0.39 is 0 Å². The van der Waals surface area contributed by atoms with Crippen molar-refractivity contribution in [3.63, 3.8) is 0 Å². The van der Waals surface area contributed by atoms with Crippen LogP contribution >= 0.6 is 0 Å². The van der Waals surface area contributed by atoms with E-state index in [1.165, 1.54) is 6.92 Å². The van der Waals surface area contributed by atoms with Crippen molar-refractivity contribution in [1.82, 2.24) is 0 Å². The maximum absolute atomic E-state index is 12.1. The van der Waals surface area contributed by atoms with Crippen LogP contribution in [0.1, 0.15) is 18.9 Å². The van der Waals surface area contributed by atoms with Gasteiger partial charge in [0, 0.05) is 24.7 Å². The number of aryl methyl sites for hydroxylation is 1. The highest BCUT2D eigenvalue weighted by atomic mass is 16.5. The Morgan fingerprint density at radius 1 is 1.08 bits per heavy atom. The topological polar surface area (TPSA) is 96.5 Å². The predicted octanol–water partition coefficient (Wildman–Crippen LogP) is 2.55. The van der Waals surface area contributed by atoms with Gasteiger partial charge < -0.3 is 20.7 Å². The summed E-state index contributed by atoms with van der Waals surface area (Å²) >= 11 is 0. The first-order chi connectivity index (χ1) is 12.5. The summed E-state index contributed by atoms with van der Waals surface area (Å²) in [6.07, 6.45) is 0.847. The van der Waals surface area contributed by atoms with Crippen LogP contribution in [0.15, 0.2) is 42.5 Å². The number of benzene rings is 2. The summed E-state index contributed by atoms with van der Waals surface area (Å²) in [5.74, 6) is 0.191. The van der Waals surface area contributed by atoms with Crippen LogP contribution in [-0.2, 0) is 20.8 Å². The molecular formula is C19H19N3O4. The molecule has 3 N–H and O–H groups in total. The fraction of sp³-hybridized carbons (Fsp3) is 0.211. The minimum absolute atomic E-state index is 0.0233. The number of fused-ring (bicyclic) bond motifs is 1. The average Bonchev–Trinajstić information content (AvgIpc) is 2.61. The quantitative estimate of drug-likeness (QED) is 0.770. The Balaban J connectivity index is 1.53. The van der Waals surface area contributed by atoms with Crippen LogP contribution in [0, 0.1) is 0 Å². The van der Waals surface area contributed by atoms with Gasteiger partial charge in [-0.15, -0.1) is 0 Å². The summed E-state index contributed by atoms with van der Waals surface area (Å²) in [5, 5.41) is 8.24. The molecule has 0 radical (unpaired) electrons. The molecule has 2 aromatic carbocycles. The standard InChI is InChI=1S/C19H19N3O4/c1-12(23)20-14-4-6-15(7-5-14)21-18(24)9-3-13-2-8-17-16(10-13)22-19(25)11-26-17/h2,4-8,10H,3,9,11H2,1H3,(H,20,23)(H,21,24)(H,22,25). The Morgan fingerprint density at radius 3 is 2.46 bits per heavy atom. The van der Waals surface area contributed by atoms with Crippen molar-refractivity contribution < 1.29 is 19.1 Å². The van der Waals surface area contributed by atoms with Crippen LogP contribution in [0.2, 0.25) is 0 Å². The smallest absolute Gasteiger partial charge is 0.262 e. The van der Waals surface area contributed by atoms with E-state index in [2.05, 4.69) is 16.0 Å². The van der Waals surface area contributed by atoms with Gasteiger partial charge in [-0.3, -0.25) is 14.4 Å². The third-order valence-electron chi connectivity index (χ3n) is 3.81. The molecule has 0 aliphatic carbocycles. The van der Waals surface area contributed by atoms with E-state index in [0.717, 1.165) is 5.56 Å². The maximum Gasteiger partial charge on any atom is 0.262 e. The lowest BCUT2D eigenvalue weighted by Gasteiger charge is -2.18. The highest BCUT2D eigenvalue weighted by Gasteiger charge is 2.16. The van der Waals surface area contributed by atoms with E-state index in [-0.39, 0.29) is 24.3 Å². The molecule has 1 aliphatic heterocycles. The van der Waals surface area contributed by atoms with Crippen molar-refractivity contribution in [2.45, 2.75) is 19.8 Å². The Kier molecular flexibility index (Phi) is 5.17. The number of rotatable bonds is 5. The molecule has 26 heavy (non-hydrogen) atoms. The summed E-state index contributed by atoms with van der Waals surface area (Å²) in [6.45, 7) is 1.46. The molecule has 0 unspecified atom stereocenters. The summed E-state index contributed by atoms with van der Waals surface area (Å²) < 4.78 is 5.31. The lowest BCUT2D eigenvalue weighted by atomic mass is 10.1. The molecule has 134 valence electrons. The number of nitrogens with one attached hydrogen (secondary N) is 3. The number of anilines is 3. The second-order valence-corrected chi connectivity index (χ2v) is 5.97. The molecule has 0 spiro atoms. The number of amides is 3. The molecule has 2 aromatic rings. The van der Waals surface area contributed by atoms with Gasteiger partial charge in [0.2, 0.25) is 11.8 Å². The normalized spacial score (nSPS) is 12.4. The molecule has 1 heterocycles. The van der Waals surface area contributed by atoms with Crippen molar-refractivity contribution in [3.8, 4) is 5.75 Å². The van der Waals surface area contributed by atoms with Gasteiger partial charge in [0.1, 0.15) is 5.75 Å². The van der Waals surface area contributed by atoms with Crippen molar-refractivity contribution in [1.29, 1.82) is 0 Å². The van der Waals surface area contributed by atoms with Crippen LogP contribution < -0.4 is 20.7 Å². The van der Waals surface area contributed by atoms with E-state index in [1.807, 2.05) is 12.1 Å². The molecule has 3 rings (SSSR count). The van der Waals surface area contributed by atoms with Gasteiger partial charge in [-0.25, -0.2) is 0 Å². The van der Waals surface area contributed by atoms with Crippen molar-refractivity contribution in [3.05, 3.63) is 48.0 Å². The highest BCUT2D eigenvalue weighted by Crippen LogP contribution is 2.28. The van der Waals surface area contributed by atoms with Gasteiger partial charge in [-0.1, -0.05) is 6.07 Å². The lowest BCUT2D eigenvalue weighted by Crippen LogP contribution is -2.25. The van der Waals surface area contributed by atoms with Crippen molar-refractivity contribution in [2.75, 3.05) is 22.6 Å². The molecule has 0 atom stereocenters. The maximum atomic E-state index is 12.1. The SMILES string of the molecule is CC(=O)Nc1ccc(NC(=O)CCc2ccc3c(c2)NC(=O)CO3)cc1. The van der Waals surface area contributed by atoms with Gasteiger partial charge in [0.05, 0.1) is 5.69 Å². The molecule has 0 saturated heterocycles. The minimum Gasteiger partial charge on any atom is -0.482 e. The first-order valence-electron chi connectivity index (χ1n) is 8.23. The van der Waals surface area contributed by atoms with Gasteiger partial charge in [-0.05, 0) is 48.4 Å². The predicted molar refractivity (Wildman–Crippen MR) is 98.3 cm³/mol. The molecule has 7 nitrogen and oxygen atoms in total. The van der Waals surface area contributed by atoms with E-state index in [1.54, 1.807) is 30.3 Å². The first kappa shape index (κ1) is 17.5. The van der Waals surface area contributed by atoms with E-state index in [0.29, 0.717) is 35.7 Å². The average molecular weight is 353 g/mol.